The van der Waals surface area contributed by atoms with Crippen LogP contribution in [0.2, 0.25) is 0 Å². The van der Waals surface area contributed by atoms with E-state index in [0.717, 1.165) is 70.6 Å². The van der Waals surface area contributed by atoms with Crippen LogP contribution in [0.5, 0.6) is 0 Å². The summed E-state index contributed by atoms with van der Waals surface area (Å²) >= 11 is 0. The molecule has 0 aliphatic rings. The van der Waals surface area contributed by atoms with Gasteiger partial charge < -0.3 is 20.1 Å². The fraction of sp³-hybridized carbons (Fsp3) is 0.800. The highest BCUT2D eigenvalue weighted by Crippen LogP contribution is 2.43. The van der Waals surface area contributed by atoms with Gasteiger partial charge >= 0.3 is 19.8 Å². The molecule has 2 atom stereocenters. The monoisotopic (exact) mass is 728 g/mol. The van der Waals surface area contributed by atoms with Gasteiger partial charge in [-0.25, -0.2) is 4.57 Å². The smallest absolute Gasteiger partial charge is 0.462 e. The summed E-state index contributed by atoms with van der Waals surface area (Å²) in [5, 5.41) is 0. The number of rotatable bonds is 37. The zero-order valence-electron chi connectivity index (χ0n) is 31.9. The van der Waals surface area contributed by atoms with Gasteiger partial charge in [-0.3, -0.25) is 18.6 Å². The lowest BCUT2D eigenvalue weighted by Crippen LogP contribution is -2.29. The number of nitrogens with two attached hydrogens (primary N) is 1. The summed E-state index contributed by atoms with van der Waals surface area (Å²) in [4.78, 5) is 34.7. The van der Waals surface area contributed by atoms with Crippen molar-refractivity contribution >= 4 is 19.8 Å². The highest BCUT2D eigenvalue weighted by molar-refractivity contribution is 7.47. The van der Waals surface area contributed by atoms with Gasteiger partial charge in [-0.2, -0.15) is 0 Å². The van der Waals surface area contributed by atoms with Crippen molar-refractivity contribution in [2.75, 3.05) is 26.4 Å². The predicted octanol–water partition coefficient (Wildman–Crippen LogP) is 11.0. The molecule has 9 nitrogen and oxygen atoms in total. The molecule has 0 aromatic rings. The Labute approximate surface area is 305 Å². The molecule has 1 unspecified atom stereocenters. The van der Waals surface area contributed by atoms with Gasteiger partial charge in [0.25, 0.3) is 0 Å². The molecule has 0 rings (SSSR count). The lowest BCUT2D eigenvalue weighted by atomic mass is 10.1. The van der Waals surface area contributed by atoms with E-state index in [1.165, 1.54) is 64.2 Å². The summed E-state index contributed by atoms with van der Waals surface area (Å²) in [7, 11) is -4.38. The first kappa shape index (κ1) is 48.2. The summed E-state index contributed by atoms with van der Waals surface area (Å²) in [5.74, 6) is -0.851. The van der Waals surface area contributed by atoms with Crippen molar-refractivity contribution in [3.8, 4) is 0 Å². The maximum Gasteiger partial charge on any atom is 0.472 e. The van der Waals surface area contributed by atoms with Crippen LogP contribution in [0.15, 0.2) is 36.5 Å². The van der Waals surface area contributed by atoms with Gasteiger partial charge in [0, 0.05) is 19.4 Å². The number of phosphoric ester groups is 1. The van der Waals surface area contributed by atoms with Gasteiger partial charge in [0.2, 0.25) is 0 Å². The average Bonchev–Trinajstić information content (AvgIpc) is 3.10. The van der Waals surface area contributed by atoms with E-state index in [1.807, 2.05) is 0 Å². The molecule has 0 aromatic heterocycles. The van der Waals surface area contributed by atoms with Crippen molar-refractivity contribution in [1.29, 1.82) is 0 Å². The fourth-order valence-electron chi connectivity index (χ4n) is 5.23. The first-order valence-corrected chi connectivity index (χ1v) is 21.5. The van der Waals surface area contributed by atoms with Gasteiger partial charge in [-0.1, -0.05) is 134 Å². The summed E-state index contributed by atoms with van der Waals surface area (Å²) in [6.45, 7) is 3.65. The number of ether oxygens (including phenoxy) is 2. The van der Waals surface area contributed by atoms with Crippen LogP contribution < -0.4 is 5.73 Å². The minimum atomic E-state index is -4.38. The van der Waals surface area contributed by atoms with Crippen molar-refractivity contribution in [3.63, 3.8) is 0 Å². The van der Waals surface area contributed by atoms with E-state index < -0.39 is 32.5 Å². The second-order valence-corrected chi connectivity index (χ2v) is 14.6. The number of phosphoric acid groups is 1. The van der Waals surface area contributed by atoms with E-state index in [1.54, 1.807) is 0 Å². The van der Waals surface area contributed by atoms with E-state index in [9.17, 15) is 19.0 Å². The largest absolute Gasteiger partial charge is 0.472 e. The lowest BCUT2D eigenvalue weighted by Gasteiger charge is -2.19. The van der Waals surface area contributed by atoms with E-state index >= 15 is 0 Å². The minimum Gasteiger partial charge on any atom is -0.462 e. The Bertz CT molecular complexity index is 923. The average molecular weight is 728 g/mol. The maximum absolute atomic E-state index is 12.5. The Morgan fingerprint density at radius 1 is 0.600 bits per heavy atom. The zero-order chi connectivity index (χ0) is 36.8. The van der Waals surface area contributed by atoms with E-state index in [4.69, 9.17) is 24.3 Å². The standard InChI is InChI=1S/C40H74NO8P/c1-3-5-7-9-11-13-15-17-19-21-23-25-27-29-31-33-40(43)49-38(37-48-50(44,45)47-35-34-41)36-46-39(42)32-30-28-26-24-22-20-18-16-14-12-10-8-6-4-2/h10,12-13,15-16,18,38H,3-9,11,14,17,19-37,41H2,1-2H3,(H,44,45)/b12-10+,15-13+,18-16+/t38-/m1/s1. The molecule has 0 heterocycles. The third-order valence-corrected chi connectivity index (χ3v) is 9.23. The topological polar surface area (TPSA) is 134 Å². The quantitative estimate of drug-likeness (QED) is 0.0277. The second kappa shape index (κ2) is 37.0. The molecule has 10 heteroatoms. The number of hydrogen-bond donors (Lipinski definition) is 2. The number of carbonyl (C=O) groups excluding carboxylic acids is 2. The van der Waals surface area contributed by atoms with Crippen LogP contribution in [0, 0.1) is 0 Å². The molecule has 292 valence electrons. The lowest BCUT2D eigenvalue weighted by molar-refractivity contribution is -0.161. The Hall–Kier alpha value is -1.77. The summed E-state index contributed by atoms with van der Waals surface area (Å²) < 4.78 is 32.7. The summed E-state index contributed by atoms with van der Waals surface area (Å²) in [6, 6.07) is 0. The molecular weight excluding hydrogens is 653 g/mol. The minimum absolute atomic E-state index is 0.0503. The first-order valence-electron chi connectivity index (χ1n) is 20.0. The zero-order valence-corrected chi connectivity index (χ0v) is 32.8. The number of hydrogen-bond acceptors (Lipinski definition) is 8. The van der Waals surface area contributed by atoms with Crippen molar-refractivity contribution in [3.05, 3.63) is 36.5 Å². The van der Waals surface area contributed by atoms with Gasteiger partial charge in [-0.05, 0) is 64.2 Å². The van der Waals surface area contributed by atoms with Gasteiger partial charge in [-0.15, -0.1) is 0 Å². The van der Waals surface area contributed by atoms with Gasteiger partial charge in [0.05, 0.1) is 13.2 Å². The molecule has 3 N–H and O–H groups in total. The number of esters is 2. The molecule has 0 aliphatic heterocycles. The van der Waals surface area contributed by atoms with Crippen molar-refractivity contribution in [2.24, 2.45) is 5.73 Å². The van der Waals surface area contributed by atoms with Crippen molar-refractivity contribution < 1.29 is 37.6 Å². The molecule has 0 aromatic carbocycles. The van der Waals surface area contributed by atoms with Crippen LogP contribution in [0.25, 0.3) is 0 Å². The normalized spacial score (nSPS) is 13.8. The van der Waals surface area contributed by atoms with E-state index in [-0.39, 0.29) is 32.6 Å². The summed E-state index contributed by atoms with van der Waals surface area (Å²) in [5.41, 5.74) is 5.33. The first-order chi connectivity index (χ1) is 24.3. The molecule has 0 amide bonds. The molecule has 0 saturated heterocycles. The third kappa shape index (κ3) is 36.0. The van der Waals surface area contributed by atoms with Gasteiger partial charge in [0.1, 0.15) is 6.61 Å². The second-order valence-electron chi connectivity index (χ2n) is 13.1. The fourth-order valence-corrected chi connectivity index (χ4v) is 6.00. The predicted molar refractivity (Wildman–Crippen MR) is 206 cm³/mol. The highest BCUT2D eigenvalue weighted by atomic mass is 31.2. The Balaban J connectivity index is 4.23. The van der Waals surface area contributed by atoms with Gasteiger partial charge in [0.15, 0.2) is 6.10 Å². The molecular formula is C40H74NO8P. The van der Waals surface area contributed by atoms with Crippen LogP contribution in [-0.2, 0) is 32.7 Å². The van der Waals surface area contributed by atoms with E-state index in [2.05, 4.69) is 50.3 Å². The molecule has 0 bridgehead atoms. The number of unbranched alkanes of at least 4 members (excludes halogenated alkanes) is 18. The Morgan fingerprint density at radius 2 is 1.06 bits per heavy atom. The maximum atomic E-state index is 12.5. The molecule has 0 aliphatic carbocycles. The number of carbonyl (C=O) groups is 2. The van der Waals surface area contributed by atoms with Crippen LogP contribution in [0.4, 0.5) is 0 Å². The Kier molecular flexibility index (Phi) is 35.7. The Morgan fingerprint density at radius 3 is 1.60 bits per heavy atom. The van der Waals surface area contributed by atoms with Crippen molar-refractivity contribution in [1.82, 2.24) is 0 Å². The van der Waals surface area contributed by atoms with E-state index in [0.29, 0.717) is 12.8 Å². The third-order valence-electron chi connectivity index (χ3n) is 8.25. The van der Waals surface area contributed by atoms with Crippen molar-refractivity contribution in [2.45, 2.75) is 180 Å². The summed E-state index contributed by atoms with van der Waals surface area (Å²) in [6.07, 6.45) is 38.8. The van der Waals surface area contributed by atoms with Crippen LogP contribution in [-0.4, -0.2) is 49.3 Å². The molecule has 0 radical (unpaired) electrons. The molecule has 0 spiro atoms. The SMILES string of the molecule is CCCC/C=C/C/C=C/CCCCCCCC(=O)OC[C@H](COP(=O)(O)OCCN)OC(=O)CCCCCCCCC/C=C/CCCCCC. The molecule has 50 heavy (non-hydrogen) atoms. The highest BCUT2D eigenvalue weighted by Gasteiger charge is 2.25. The van der Waals surface area contributed by atoms with Crippen LogP contribution in [0.1, 0.15) is 174 Å². The van der Waals surface area contributed by atoms with Crippen LogP contribution >= 0.6 is 7.82 Å². The molecule has 0 saturated carbocycles. The molecule has 0 fully saturated rings. The van der Waals surface area contributed by atoms with Crippen LogP contribution in [0.3, 0.4) is 0 Å². The number of allylic oxidation sites excluding steroid dienone is 6.